The number of thioether (sulfide) groups is 1. The number of hydrogen-bond acceptors (Lipinski definition) is 3. The Balaban J connectivity index is 2.56. The topological polar surface area (TPSA) is 23.8 Å². The summed E-state index contributed by atoms with van der Waals surface area (Å²) < 4.78 is 0.869. The van der Waals surface area contributed by atoms with E-state index in [0.717, 1.165) is 9.76 Å². The first-order valence-corrected chi connectivity index (χ1v) is 5.66. The maximum Gasteiger partial charge on any atom is 0.0781 e. The molecule has 0 spiro atoms. The molecule has 0 aliphatic carbocycles. The molecule has 72 valence electrons. The van der Waals surface area contributed by atoms with Gasteiger partial charge in [0.25, 0.3) is 0 Å². The van der Waals surface area contributed by atoms with Gasteiger partial charge in [-0.3, -0.25) is 0 Å². The molecule has 1 nitrogen and oxygen atoms in total. The van der Waals surface area contributed by atoms with Crippen LogP contribution in [0.3, 0.4) is 0 Å². The molecule has 0 aromatic heterocycles. The lowest BCUT2D eigenvalue weighted by molar-refractivity contribution is 0.997. The molecule has 0 fully saturated rings. The summed E-state index contributed by atoms with van der Waals surface area (Å²) in [6, 6.07) is 12.0. The Kier molecular flexibility index (Phi) is 4.64. The predicted molar refractivity (Wildman–Crippen MR) is 65.4 cm³/mol. The van der Waals surface area contributed by atoms with E-state index in [1.807, 2.05) is 37.3 Å². The Hall–Kier alpha value is -0.850. The molecule has 0 saturated carbocycles. The number of benzene rings is 1. The summed E-state index contributed by atoms with van der Waals surface area (Å²) in [5, 5.41) is 8.78. The van der Waals surface area contributed by atoms with Crippen molar-refractivity contribution in [2.24, 2.45) is 0 Å². The highest BCUT2D eigenvalue weighted by Gasteiger charge is 2.07. The van der Waals surface area contributed by atoms with Crippen molar-refractivity contribution in [1.82, 2.24) is 0 Å². The Morgan fingerprint density at radius 1 is 1.50 bits per heavy atom. The zero-order valence-corrected chi connectivity index (χ0v) is 9.57. The minimum Gasteiger partial charge on any atom is -0.198 e. The fourth-order valence-corrected chi connectivity index (χ4v) is 2.42. The second kappa shape index (κ2) is 5.79. The van der Waals surface area contributed by atoms with E-state index in [2.05, 4.69) is 6.07 Å². The summed E-state index contributed by atoms with van der Waals surface area (Å²) in [6.07, 6.45) is 0.539. The van der Waals surface area contributed by atoms with Crippen molar-refractivity contribution in [2.75, 3.05) is 0 Å². The lowest BCUT2D eigenvalue weighted by Crippen LogP contribution is -2.00. The molecule has 1 unspecified atom stereocenters. The van der Waals surface area contributed by atoms with Gasteiger partial charge in [-0.25, -0.2) is 0 Å². The van der Waals surface area contributed by atoms with Gasteiger partial charge in [-0.1, -0.05) is 49.5 Å². The van der Waals surface area contributed by atoms with Gasteiger partial charge in [0.15, 0.2) is 0 Å². The normalized spacial score (nSPS) is 11.7. The molecule has 1 rings (SSSR count). The van der Waals surface area contributed by atoms with Crippen molar-refractivity contribution in [3.63, 3.8) is 0 Å². The molecular weight excluding hydrogens is 210 g/mol. The van der Waals surface area contributed by atoms with E-state index in [1.165, 1.54) is 0 Å². The van der Waals surface area contributed by atoms with Crippen LogP contribution < -0.4 is 0 Å². The summed E-state index contributed by atoms with van der Waals surface area (Å²) in [7, 11) is 0. The molecular formula is C11H11NS2. The van der Waals surface area contributed by atoms with Crippen LogP contribution in [0.5, 0.6) is 0 Å². The third kappa shape index (κ3) is 3.49. The van der Waals surface area contributed by atoms with Gasteiger partial charge in [0.05, 0.1) is 10.3 Å². The van der Waals surface area contributed by atoms with Gasteiger partial charge in [0.2, 0.25) is 0 Å². The summed E-state index contributed by atoms with van der Waals surface area (Å²) in [5.74, 6) is 0. The zero-order chi connectivity index (χ0) is 10.4. The number of nitriles is 1. The molecule has 3 heteroatoms. The fraction of sp³-hybridized carbons (Fsp3) is 0.273. The Morgan fingerprint density at radius 2 is 2.14 bits per heavy atom. The van der Waals surface area contributed by atoms with Crippen LogP contribution >= 0.6 is 24.0 Å². The Bertz CT molecular complexity index is 340. The summed E-state index contributed by atoms with van der Waals surface area (Å²) >= 11 is 6.85. The average molecular weight is 221 g/mol. The monoisotopic (exact) mass is 221 g/mol. The number of nitrogens with zero attached hydrogens (tertiary/aromatic N) is 1. The maximum atomic E-state index is 8.51. The van der Waals surface area contributed by atoms with Gasteiger partial charge in [-0.15, -0.1) is 11.8 Å². The number of hydrogen-bond donors (Lipinski definition) is 0. The molecule has 0 amide bonds. The van der Waals surface area contributed by atoms with Gasteiger partial charge in [0, 0.05) is 11.7 Å². The lowest BCUT2D eigenvalue weighted by Gasteiger charge is -2.07. The molecule has 0 N–H and O–H groups in total. The highest BCUT2D eigenvalue weighted by Crippen LogP contribution is 2.20. The van der Waals surface area contributed by atoms with Gasteiger partial charge in [0.1, 0.15) is 0 Å². The average Bonchev–Trinajstić information content (AvgIpc) is 2.19. The molecule has 1 aromatic rings. The first-order chi connectivity index (χ1) is 6.74. The van der Waals surface area contributed by atoms with E-state index in [0.29, 0.717) is 6.42 Å². The van der Waals surface area contributed by atoms with Crippen LogP contribution in [0.15, 0.2) is 30.3 Å². The van der Waals surface area contributed by atoms with Gasteiger partial charge >= 0.3 is 0 Å². The minimum atomic E-state index is 0.271. The second-order valence-corrected chi connectivity index (χ2v) is 5.06. The summed E-state index contributed by atoms with van der Waals surface area (Å²) in [5.41, 5.74) is 1.07. The lowest BCUT2D eigenvalue weighted by atomic mass is 10.2. The minimum absolute atomic E-state index is 0.271. The SMILES string of the molecule is CC(CC#N)SC(=S)c1ccccc1. The molecule has 0 aliphatic rings. The van der Waals surface area contributed by atoms with Crippen LogP contribution in [0.1, 0.15) is 18.9 Å². The summed E-state index contributed by atoms with van der Waals surface area (Å²) in [6.45, 7) is 2.02. The first kappa shape index (κ1) is 11.2. The number of thiocarbonyl (C=S) groups is 1. The van der Waals surface area contributed by atoms with E-state index in [1.54, 1.807) is 11.8 Å². The van der Waals surface area contributed by atoms with Crippen LogP contribution in [0.4, 0.5) is 0 Å². The fourth-order valence-electron chi connectivity index (χ4n) is 0.995. The van der Waals surface area contributed by atoms with Gasteiger partial charge in [-0.05, 0) is 5.56 Å². The first-order valence-electron chi connectivity index (χ1n) is 4.37. The van der Waals surface area contributed by atoms with Crippen LogP contribution in [-0.4, -0.2) is 9.45 Å². The van der Waals surface area contributed by atoms with E-state index in [9.17, 15) is 0 Å². The Morgan fingerprint density at radius 3 is 2.71 bits per heavy atom. The third-order valence-corrected chi connectivity index (χ3v) is 3.24. The zero-order valence-electron chi connectivity index (χ0n) is 7.93. The van der Waals surface area contributed by atoms with Crippen LogP contribution in [-0.2, 0) is 0 Å². The maximum absolute atomic E-state index is 8.51. The van der Waals surface area contributed by atoms with E-state index in [4.69, 9.17) is 17.5 Å². The highest BCUT2D eigenvalue weighted by atomic mass is 32.2. The van der Waals surface area contributed by atoms with Gasteiger partial charge in [-0.2, -0.15) is 5.26 Å². The van der Waals surface area contributed by atoms with Crippen molar-refractivity contribution < 1.29 is 0 Å². The molecule has 1 atom stereocenters. The van der Waals surface area contributed by atoms with Crippen molar-refractivity contribution in [1.29, 1.82) is 5.26 Å². The standard InChI is InChI=1S/C11H11NS2/c1-9(7-8-12)14-11(13)10-5-3-2-4-6-10/h2-6,9H,7H2,1H3. The van der Waals surface area contributed by atoms with E-state index >= 15 is 0 Å². The van der Waals surface area contributed by atoms with Crippen molar-refractivity contribution in [3.8, 4) is 6.07 Å². The molecule has 0 aliphatic heterocycles. The van der Waals surface area contributed by atoms with Crippen LogP contribution in [0.2, 0.25) is 0 Å². The largest absolute Gasteiger partial charge is 0.198 e. The van der Waals surface area contributed by atoms with E-state index < -0.39 is 0 Å². The van der Waals surface area contributed by atoms with Crippen molar-refractivity contribution >= 4 is 28.2 Å². The van der Waals surface area contributed by atoms with Gasteiger partial charge < -0.3 is 0 Å². The second-order valence-electron chi connectivity index (χ2n) is 2.94. The third-order valence-electron chi connectivity index (χ3n) is 1.70. The molecule has 0 heterocycles. The summed E-state index contributed by atoms with van der Waals surface area (Å²) in [4.78, 5) is 0. The Labute approximate surface area is 94.1 Å². The smallest absolute Gasteiger partial charge is 0.0781 e. The van der Waals surface area contributed by atoms with E-state index in [-0.39, 0.29) is 5.25 Å². The van der Waals surface area contributed by atoms with Crippen molar-refractivity contribution in [2.45, 2.75) is 18.6 Å². The molecule has 14 heavy (non-hydrogen) atoms. The molecule has 0 saturated heterocycles. The quantitative estimate of drug-likeness (QED) is 0.731. The van der Waals surface area contributed by atoms with Crippen LogP contribution in [0.25, 0.3) is 0 Å². The molecule has 0 radical (unpaired) electrons. The van der Waals surface area contributed by atoms with Crippen LogP contribution in [0, 0.1) is 11.3 Å². The number of rotatable bonds is 3. The molecule has 1 aromatic carbocycles. The highest BCUT2D eigenvalue weighted by molar-refractivity contribution is 8.24. The van der Waals surface area contributed by atoms with Crippen molar-refractivity contribution in [3.05, 3.63) is 35.9 Å². The predicted octanol–water partition coefficient (Wildman–Crippen LogP) is 3.40. The molecule has 0 bridgehead atoms.